The standard InChI is InChI=1S/C33H42N2O8/c1-10-12-42-16-23-24-19(29(39-7)18(4)31(41-9)32(24)43-13-11-2)14-21-26-25-20(15-22(34(26)5)33(37)35(21)23)28(38-6)17(3)30(40-8)27(25)36/h10-11,21-23,26,36H,1-2,12-16H2,3-9H3/t21-,22+,23+,26+/m1/s1. The normalized spacial score (nSPS) is 22.2. The quantitative estimate of drug-likeness (QED) is 0.303. The highest BCUT2D eigenvalue weighted by molar-refractivity contribution is 5.87. The molecule has 0 radical (unpaired) electrons. The van der Waals surface area contributed by atoms with E-state index in [1.54, 1.807) is 33.5 Å². The van der Waals surface area contributed by atoms with Crippen LogP contribution in [0.25, 0.3) is 0 Å². The molecule has 10 nitrogen and oxygen atoms in total. The van der Waals surface area contributed by atoms with E-state index in [0.29, 0.717) is 59.3 Å². The number of rotatable bonds is 11. The molecule has 2 bridgehead atoms. The number of hydrogen-bond donors (Lipinski definition) is 1. The zero-order valence-electron chi connectivity index (χ0n) is 26.1. The van der Waals surface area contributed by atoms with Crippen molar-refractivity contribution in [3.05, 3.63) is 58.7 Å². The van der Waals surface area contributed by atoms with Gasteiger partial charge in [-0.2, -0.15) is 0 Å². The molecule has 2 aromatic carbocycles. The number of nitrogens with zero attached hydrogens (tertiary/aromatic N) is 2. The second kappa shape index (κ2) is 12.0. The zero-order valence-corrected chi connectivity index (χ0v) is 26.1. The molecule has 3 heterocycles. The van der Waals surface area contributed by atoms with Crippen LogP contribution < -0.4 is 23.7 Å². The van der Waals surface area contributed by atoms with Gasteiger partial charge in [-0.15, -0.1) is 6.58 Å². The third-order valence-electron chi connectivity index (χ3n) is 9.12. The van der Waals surface area contributed by atoms with E-state index in [1.165, 1.54) is 7.11 Å². The van der Waals surface area contributed by atoms with Crippen LogP contribution in [-0.2, 0) is 22.4 Å². The van der Waals surface area contributed by atoms with E-state index in [2.05, 4.69) is 18.1 Å². The number of carbonyl (C=O) groups excluding carboxylic acids is 1. The Hall–Kier alpha value is -3.89. The maximum atomic E-state index is 14.6. The van der Waals surface area contributed by atoms with Crippen molar-refractivity contribution in [3.63, 3.8) is 0 Å². The first kappa shape index (κ1) is 30.6. The molecule has 4 atom stereocenters. The Bertz CT molecular complexity index is 1450. The summed E-state index contributed by atoms with van der Waals surface area (Å²) >= 11 is 0. The van der Waals surface area contributed by atoms with Crippen LogP contribution in [0.2, 0.25) is 0 Å². The molecule has 5 rings (SSSR count). The molecule has 0 saturated carbocycles. The second-order valence-electron chi connectivity index (χ2n) is 11.1. The van der Waals surface area contributed by atoms with Crippen LogP contribution in [0.4, 0.5) is 0 Å². The molecule has 1 N–H and O–H groups in total. The Labute approximate surface area is 253 Å². The van der Waals surface area contributed by atoms with Gasteiger partial charge in [-0.3, -0.25) is 9.69 Å². The SMILES string of the molecule is C=CCOC[C@H]1c2c(c(OC)c(C)c(OC)c2OCC=C)C[C@@H]2[C@H]3c4c(O)c(OC)c(C)c(OC)c4C[C@@H](C(=O)N21)N3C. The number of aromatic hydroxyl groups is 1. The third-order valence-corrected chi connectivity index (χ3v) is 9.12. The molecule has 3 aliphatic heterocycles. The van der Waals surface area contributed by atoms with Crippen LogP contribution >= 0.6 is 0 Å². The van der Waals surface area contributed by atoms with Crippen molar-refractivity contribution in [1.29, 1.82) is 0 Å². The van der Waals surface area contributed by atoms with Crippen molar-refractivity contribution < 1.29 is 38.3 Å². The lowest BCUT2D eigenvalue weighted by molar-refractivity contribution is -0.159. The van der Waals surface area contributed by atoms with Crippen LogP contribution in [0.5, 0.6) is 34.5 Å². The number of benzene rings is 2. The van der Waals surface area contributed by atoms with Crippen molar-refractivity contribution >= 4 is 5.91 Å². The van der Waals surface area contributed by atoms with Gasteiger partial charge < -0.3 is 38.4 Å². The number of piperazine rings is 1. The van der Waals surface area contributed by atoms with E-state index in [-0.39, 0.29) is 37.0 Å². The minimum Gasteiger partial charge on any atom is -0.504 e. The summed E-state index contributed by atoms with van der Waals surface area (Å²) in [6.45, 7) is 12.2. The fourth-order valence-electron chi connectivity index (χ4n) is 7.50. The number of fused-ring (bicyclic) bond motifs is 7. The monoisotopic (exact) mass is 594 g/mol. The summed E-state index contributed by atoms with van der Waals surface area (Å²) in [6.07, 6.45) is 4.17. The number of phenolic OH excluding ortho intramolecular Hbond substituents is 1. The number of carbonyl (C=O) groups is 1. The van der Waals surface area contributed by atoms with Gasteiger partial charge >= 0.3 is 0 Å². The Morgan fingerprint density at radius 1 is 0.837 bits per heavy atom. The van der Waals surface area contributed by atoms with Crippen LogP contribution in [0.15, 0.2) is 25.3 Å². The van der Waals surface area contributed by atoms with Crippen LogP contribution in [0.1, 0.15) is 45.5 Å². The predicted molar refractivity (Wildman–Crippen MR) is 162 cm³/mol. The minimum absolute atomic E-state index is 0.0320. The predicted octanol–water partition coefficient (Wildman–Crippen LogP) is 4.22. The van der Waals surface area contributed by atoms with Gasteiger partial charge in [0.1, 0.15) is 18.1 Å². The van der Waals surface area contributed by atoms with Gasteiger partial charge in [-0.25, -0.2) is 0 Å². The van der Waals surface area contributed by atoms with Gasteiger partial charge in [0.15, 0.2) is 23.0 Å². The van der Waals surface area contributed by atoms with Gasteiger partial charge in [0.05, 0.1) is 65.8 Å². The first-order chi connectivity index (χ1) is 20.7. The molecule has 0 aromatic heterocycles. The molecule has 3 aliphatic rings. The lowest BCUT2D eigenvalue weighted by atomic mass is 9.73. The van der Waals surface area contributed by atoms with Gasteiger partial charge in [-0.05, 0) is 27.3 Å². The summed E-state index contributed by atoms with van der Waals surface area (Å²) in [5, 5.41) is 11.7. The Balaban J connectivity index is 1.81. The first-order valence-electron chi connectivity index (χ1n) is 14.4. The number of amides is 1. The summed E-state index contributed by atoms with van der Waals surface area (Å²) in [4.78, 5) is 18.6. The number of likely N-dealkylation sites (N-methyl/N-ethyl adjacent to an activating group) is 1. The van der Waals surface area contributed by atoms with Gasteiger partial charge in [0.2, 0.25) is 5.91 Å². The molecule has 0 unspecified atom stereocenters. The fourth-order valence-corrected chi connectivity index (χ4v) is 7.50. The molecule has 232 valence electrons. The number of ether oxygens (including phenoxy) is 6. The molecule has 10 heteroatoms. The minimum atomic E-state index is -0.527. The van der Waals surface area contributed by atoms with E-state index in [1.807, 2.05) is 25.8 Å². The summed E-state index contributed by atoms with van der Waals surface area (Å²) in [5.41, 5.74) is 4.73. The lowest BCUT2D eigenvalue weighted by Crippen LogP contribution is -2.67. The Morgan fingerprint density at radius 2 is 1.42 bits per heavy atom. The zero-order chi connectivity index (χ0) is 31.2. The van der Waals surface area contributed by atoms with Crippen LogP contribution in [-0.4, -0.2) is 88.2 Å². The van der Waals surface area contributed by atoms with Crippen molar-refractivity contribution in [2.45, 2.75) is 50.9 Å². The highest BCUT2D eigenvalue weighted by atomic mass is 16.5. The molecular formula is C33H42N2O8. The molecule has 1 saturated heterocycles. The highest BCUT2D eigenvalue weighted by Crippen LogP contribution is 2.58. The lowest BCUT2D eigenvalue weighted by Gasteiger charge is -2.57. The molecular weight excluding hydrogens is 552 g/mol. The summed E-state index contributed by atoms with van der Waals surface area (Å²) in [6, 6.07) is -1.75. The highest BCUT2D eigenvalue weighted by Gasteiger charge is 2.56. The van der Waals surface area contributed by atoms with Gasteiger partial charge in [0, 0.05) is 39.8 Å². The molecule has 1 amide bonds. The molecule has 1 fully saturated rings. The number of hydrogen-bond acceptors (Lipinski definition) is 9. The van der Waals surface area contributed by atoms with Crippen molar-refractivity contribution in [1.82, 2.24) is 9.80 Å². The van der Waals surface area contributed by atoms with Crippen molar-refractivity contribution in [2.24, 2.45) is 0 Å². The topological polar surface area (TPSA) is 99.2 Å². The van der Waals surface area contributed by atoms with Gasteiger partial charge in [0.25, 0.3) is 0 Å². The van der Waals surface area contributed by atoms with Crippen molar-refractivity contribution in [3.8, 4) is 34.5 Å². The second-order valence-corrected chi connectivity index (χ2v) is 11.1. The van der Waals surface area contributed by atoms with E-state index in [0.717, 1.165) is 22.3 Å². The molecule has 2 aromatic rings. The summed E-state index contributed by atoms with van der Waals surface area (Å²) < 4.78 is 35.8. The smallest absolute Gasteiger partial charge is 0.241 e. The van der Waals surface area contributed by atoms with Crippen LogP contribution in [0.3, 0.4) is 0 Å². The van der Waals surface area contributed by atoms with E-state index >= 15 is 0 Å². The largest absolute Gasteiger partial charge is 0.504 e. The third kappa shape index (κ3) is 4.50. The maximum Gasteiger partial charge on any atom is 0.241 e. The maximum absolute atomic E-state index is 14.6. The van der Waals surface area contributed by atoms with Gasteiger partial charge in [-0.1, -0.05) is 18.7 Å². The average Bonchev–Trinajstić information content (AvgIpc) is 2.99. The molecule has 43 heavy (non-hydrogen) atoms. The molecule has 0 aliphatic carbocycles. The summed E-state index contributed by atoms with van der Waals surface area (Å²) in [5.74, 6) is 2.79. The van der Waals surface area contributed by atoms with E-state index in [9.17, 15) is 9.90 Å². The number of methoxy groups -OCH3 is 4. The number of phenols is 1. The summed E-state index contributed by atoms with van der Waals surface area (Å²) in [7, 11) is 8.32. The molecule has 0 spiro atoms. The fraction of sp³-hybridized carbons (Fsp3) is 0.485. The Morgan fingerprint density at radius 3 is 2.00 bits per heavy atom. The van der Waals surface area contributed by atoms with Crippen LogP contribution in [0, 0.1) is 13.8 Å². The van der Waals surface area contributed by atoms with Crippen molar-refractivity contribution in [2.75, 3.05) is 55.3 Å². The Kier molecular flexibility index (Phi) is 8.54. The van der Waals surface area contributed by atoms with E-state index < -0.39 is 12.1 Å². The average molecular weight is 595 g/mol. The van der Waals surface area contributed by atoms with E-state index in [4.69, 9.17) is 28.4 Å². The first-order valence-corrected chi connectivity index (χ1v) is 14.4.